The van der Waals surface area contributed by atoms with E-state index in [9.17, 15) is 4.79 Å². The first-order valence-corrected chi connectivity index (χ1v) is 10.7. The number of nitrogens with zero attached hydrogens (tertiary/aromatic N) is 1. The van der Waals surface area contributed by atoms with Gasteiger partial charge < -0.3 is 14.2 Å². The number of thiazole rings is 1. The molecule has 0 saturated carbocycles. The first-order valence-electron chi connectivity index (χ1n) is 8.62. The van der Waals surface area contributed by atoms with Crippen LogP contribution in [0.1, 0.15) is 15.4 Å². The quantitative estimate of drug-likeness (QED) is 0.338. The summed E-state index contributed by atoms with van der Waals surface area (Å²) in [6.07, 6.45) is 0. The first kappa shape index (κ1) is 19.7. The number of carbonyl (C=O) groups is 1. The molecule has 4 rings (SSSR count). The highest BCUT2D eigenvalue weighted by molar-refractivity contribution is 7.21. The van der Waals surface area contributed by atoms with E-state index in [0.717, 1.165) is 20.7 Å². The van der Waals surface area contributed by atoms with Crippen molar-refractivity contribution >= 4 is 50.3 Å². The van der Waals surface area contributed by atoms with E-state index in [1.807, 2.05) is 47.8 Å². The zero-order chi connectivity index (χ0) is 20.4. The lowest BCUT2D eigenvalue weighted by Crippen LogP contribution is -2.04. The number of fused-ring (bicyclic) bond motifs is 1. The van der Waals surface area contributed by atoms with Crippen molar-refractivity contribution in [3.63, 3.8) is 0 Å². The van der Waals surface area contributed by atoms with Crippen molar-refractivity contribution in [2.75, 3.05) is 14.2 Å². The molecule has 0 bridgehead atoms. The zero-order valence-corrected chi connectivity index (χ0v) is 18.0. The zero-order valence-electron chi connectivity index (χ0n) is 15.6. The Hall–Kier alpha value is -2.61. The van der Waals surface area contributed by atoms with Crippen LogP contribution in [0.3, 0.4) is 0 Å². The Labute approximate surface area is 180 Å². The first-order chi connectivity index (χ1) is 14.1. The van der Waals surface area contributed by atoms with Crippen molar-refractivity contribution in [3.8, 4) is 22.1 Å². The van der Waals surface area contributed by atoms with Crippen LogP contribution in [0.15, 0.2) is 47.8 Å². The van der Waals surface area contributed by atoms with Crippen LogP contribution in [-0.4, -0.2) is 25.2 Å². The van der Waals surface area contributed by atoms with Crippen molar-refractivity contribution < 1.29 is 19.0 Å². The average Bonchev–Trinajstić information content (AvgIpc) is 3.36. The fourth-order valence-corrected chi connectivity index (χ4v) is 5.13. The van der Waals surface area contributed by atoms with E-state index in [0.29, 0.717) is 27.1 Å². The molecular weight excluding hydrogens is 430 g/mol. The number of hydrogen-bond acceptors (Lipinski definition) is 7. The van der Waals surface area contributed by atoms with Crippen molar-refractivity contribution in [3.05, 3.63) is 63.4 Å². The molecule has 29 heavy (non-hydrogen) atoms. The van der Waals surface area contributed by atoms with Gasteiger partial charge in [-0.05, 0) is 18.2 Å². The van der Waals surface area contributed by atoms with Crippen LogP contribution in [-0.2, 0) is 11.3 Å². The topological polar surface area (TPSA) is 57.7 Å². The molecule has 0 aliphatic carbocycles. The summed E-state index contributed by atoms with van der Waals surface area (Å²) in [5.41, 5.74) is 1.47. The van der Waals surface area contributed by atoms with Gasteiger partial charge in [0.05, 0.1) is 30.5 Å². The fraction of sp³-hybridized carbons (Fsp3) is 0.143. The molecule has 148 valence electrons. The van der Waals surface area contributed by atoms with Gasteiger partial charge in [0.25, 0.3) is 0 Å². The Bertz CT molecular complexity index is 1180. The van der Waals surface area contributed by atoms with Gasteiger partial charge in [-0.1, -0.05) is 35.9 Å². The normalized spacial score (nSPS) is 10.9. The molecule has 4 aromatic rings. The molecule has 0 aliphatic rings. The van der Waals surface area contributed by atoms with E-state index >= 15 is 0 Å². The lowest BCUT2D eigenvalue weighted by atomic mass is 10.2. The molecule has 2 heterocycles. The number of methoxy groups -OCH3 is 2. The second-order valence-electron chi connectivity index (χ2n) is 6.00. The van der Waals surface area contributed by atoms with Gasteiger partial charge in [-0.2, -0.15) is 0 Å². The molecular formula is C21H16ClNO4S2. The van der Waals surface area contributed by atoms with E-state index in [4.69, 9.17) is 25.8 Å². The second-order valence-corrected chi connectivity index (χ2v) is 8.29. The van der Waals surface area contributed by atoms with E-state index < -0.39 is 5.97 Å². The van der Waals surface area contributed by atoms with Crippen LogP contribution in [0.5, 0.6) is 11.5 Å². The summed E-state index contributed by atoms with van der Waals surface area (Å²) in [4.78, 5) is 17.5. The van der Waals surface area contributed by atoms with Gasteiger partial charge in [-0.3, -0.25) is 0 Å². The molecule has 5 nitrogen and oxygen atoms in total. The molecule has 0 atom stereocenters. The molecule has 2 aromatic heterocycles. The standard InChI is InChI=1S/C21H16ClNO4S2/c1-25-15-8-5-7-14(18(15)26-2)20-23-12(11-28-20)10-27-21(24)19-17(22)13-6-3-4-9-16(13)29-19/h3-9,11H,10H2,1-2H3. The van der Waals surface area contributed by atoms with Crippen LogP contribution in [0.4, 0.5) is 0 Å². The molecule has 0 N–H and O–H groups in total. The summed E-state index contributed by atoms with van der Waals surface area (Å²) in [6, 6.07) is 13.2. The number of ether oxygens (including phenoxy) is 3. The van der Waals surface area contributed by atoms with Crippen molar-refractivity contribution in [2.24, 2.45) is 0 Å². The van der Waals surface area contributed by atoms with E-state index in [1.54, 1.807) is 14.2 Å². The Morgan fingerprint density at radius 1 is 1.10 bits per heavy atom. The number of thiophene rings is 1. The minimum atomic E-state index is -0.454. The number of rotatable bonds is 6. The summed E-state index contributed by atoms with van der Waals surface area (Å²) in [6.45, 7) is 0.0617. The van der Waals surface area contributed by atoms with Crippen LogP contribution in [0.25, 0.3) is 20.7 Å². The maximum absolute atomic E-state index is 12.5. The van der Waals surface area contributed by atoms with E-state index in [2.05, 4.69) is 4.98 Å². The van der Waals surface area contributed by atoms with E-state index in [1.165, 1.54) is 22.7 Å². The number of esters is 1. The van der Waals surface area contributed by atoms with Crippen LogP contribution in [0, 0.1) is 0 Å². The maximum Gasteiger partial charge on any atom is 0.350 e. The Morgan fingerprint density at radius 2 is 1.93 bits per heavy atom. The van der Waals surface area contributed by atoms with Crippen LogP contribution < -0.4 is 9.47 Å². The van der Waals surface area contributed by atoms with Gasteiger partial charge in [-0.15, -0.1) is 22.7 Å². The molecule has 2 aromatic carbocycles. The summed E-state index contributed by atoms with van der Waals surface area (Å²) in [7, 11) is 3.18. The van der Waals surface area contributed by atoms with Crippen molar-refractivity contribution in [1.29, 1.82) is 0 Å². The summed E-state index contributed by atoms with van der Waals surface area (Å²) in [5, 5.41) is 3.89. The number of aromatic nitrogens is 1. The van der Waals surface area contributed by atoms with E-state index in [-0.39, 0.29) is 6.61 Å². The molecule has 0 saturated heterocycles. The van der Waals surface area contributed by atoms with Gasteiger partial charge >= 0.3 is 5.97 Å². The number of benzene rings is 2. The molecule has 0 fully saturated rings. The second kappa shape index (κ2) is 8.41. The Kier molecular flexibility index (Phi) is 5.71. The number of para-hydroxylation sites is 1. The van der Waals surface area contributed by atoms with Gasteiger partial charge in [0.15, 0.2) is 11.5 Å². The smallest absolute Gasteiger partial charge is 0.350 e. The minimum Gasteiger partial charge on any atom is -0.493 e. The lowest BCUT2D eigenvalue weighted by Gasteiger charge is -2.10. The minimum absolute atomic E-state index is 0.0617. The summed E-state index contributed by atoms with van der Waals surface area (Å²) >= 11 is 9.12. The molecule has 0 amide bonds. The largest absolute Gasteiger partial charge is 0.493 e. The monoisotopic (exact) mass is 445 g/mol. The van der Waals surface area contributed by atoms with Crippen LogP contribution in [0.2, 0.25) is 5.02 Å². The Balaban J connectivity index is 1.51. The summed E-state index contributed by atoms with van der Waals surface area (Å²) in [5.74, 6) is 0.794. The highest BCUT2D eigenvalue weighted by Gasteiger charge is 2.19. The highest BCUT2D eigenvalue weighted by Crippen LogP contribution is 2.39. The summed E-state index contributed by atoms with van der Waals surface area (Å²) < 4.78 is 17.2. The predicted molar refractivity (Wildman–Crippen MR) is 117 cm³/mol. The third-order valence-corrected chi connectivity index (χ3v) is 6.84. The van der Waals surface area contributed by atoms with Crippen molar-refractivity contribution in [1.82, 2.24) is 4.98 Å². The molecule has 0 radical (unpaired) electrons. The van der Waals surface area contributed by atoms with Crippen LogP contribution >= 0.6 is 34.3 Å². The fourth-order valence-electron chi connectivity index (χ4n) is 2.90. The predicted octanol–water partition coefficient (Wildman–Crippen LogP) is 6.05. The molecule has 0 spiro atoms. The third-order valence-electron chi connectivity index (χ3n) is 4.26. The van der Waals surface area contributed by atoms with Gasteiger partial charge in [0, 0.05) is 15.5 Å². The third kappa shape index (κ3) is 3.81. The van der Waals surface area contributed by atoms with Gasteiger partial charge in [0.2, 0.25) is 0 Å². The molecule has 0 unspecified atom stereocenters. The maximum atomic E-state index is 12.5. The van der Waals surface area contributed by atoms with Gasteiger partial charge in [0.1, 0.15) is 16.5 Å². The number of hydrogen-bond donors (Lipinski definition) is 0. The Morgan fingerprint density at radius 3 is 2.69 bits per heavy atom. The van der Waals surface area contributed by atoms with Crippen molar-refractivity contribution in [2.45, 2.75) is 6.61 Å². The number of carbonyl (C=O) groups excluding carboxylic acids is 1. The lowest BCUT2D eigenvalue weighted by molar-refractivity contribution is 0.0474. The number of halogens is 1. The SMILES string of the molecule is COc1cccc(-c2nc(COC(=O)c3sc4ccccc4c3Cl)cs2)c1OC. The highest BCUT2D eigenvalue weighted by atomic mass is 35.5. The van der Waals surface area contributed by atoms with Gasteiger partial charge in [-0.25, -0.2) is 9.78 Å². The average molecular weight is 446 g/mol. The molecule has 0 aliphatic heterocycles. The molecule has 8 heteroatoms.